The number of terminal acetylenes is 2. The molecular weight excluding hydrogens is 661 g/mol. The first kappa shape index (κ1) is 37.8. The smallest absolute Gasteiger partial charge is 0.255 e. The lowest BCUT2D eigenvalue weighted by Crippen LogP contribution is -2.16. The van der Waals surface area contributed by atoms with Crippen molar-refractivity contribution in [3.8, 4) is 24.7 Å². The molecule has 0 radical (unpaired) electrons. The maximum atomic E-state index is 12.5. The molecule has 0 saturated heterocycles. The first-order valence-electron chi connectivity index (χ1n) is 15.0. The van der Waals surface area contributed by atoms with Gasteiger partial charge in [-0.1, -0.05) is 48.5 Å². The number of rotatable bonds is 13. The fourth-order valence-corrected chi connectivity index (χ4v) is 4.57. The number of hydrogen-bond donors (Lipinski definition) is 3. The van der Waals surface area contributed by atoms with Crippen LogP contribution in [0.4, 0.5) is 17.1 Å². The van der Waals surface area contributed by atoms with Crippen molar-refractivity contribution in [3.05, 3.63) is 125 Å². The molecule has 0 fully saturated rings. The van der Waals surface area contributed by atoms with Gasteiger partial charge in [-0.2, -0.15) is 0 Å². The highest BCUT2D eigenvalue weighted by molar-refractivity contribution is 6.49. The minimum Gasteiger partial charge on any atom is -0.325 e. The fourth-order valence-electron chi connectivity index (χ4n) is 4.44. The maximum absolute atomic E-state index is 12.5. The molecule has 0 aromatic heterocycles. The predicted molar refractivity (Wildman–Crippen MR) is 195 cm³/mol. The molecule has 3 amide bonds. The highest BCUT2D eigenvalue weighted by Gasteiger charge is 2.19. The SMILES string of the molecule is C#CCCc1cccc(C(=O)C(=O)c2cccc(NC(=O)CCl)c2)c1.C#CCCc1cccc(NC(=O)c2cccc(NC(=O)CCl)c2)c1. The van der Waals surface area contributed by atoms with Crippen LogP contribution in [0, 0.1) is 24.7 Å². The maximum Gasteiger partial charge on any atom is 0.255 e. The van der Waals surface area contributed by atoms with E-state index in [-0.39, 0.29) is 35.0 Å². The Kier molecular flexibility index (Phi) is 15.3. The highest BCUT2D eigenvalue weighted by atomic mass is 35.5. The van der Waals surface area contributed by atoms with Crippen LogP contribution in [0.5, 0.6) is 0 Å². The minimum absolute atomic E-state index is 0.138. The minimum atomic E-state index is -0.643. The Morgan fingerprint density at radius 1 is 0.531 bits per heavy atom. The number of carbonyl (C=O) groups is 5. The quantitative estimate of drug-likeness (QED) is 0.0593. The number of hydrogen-bond acceptors (Lipinski definition) is 5. The van der Waals surface area contributed by atoms with Crippen LogP contribution in [0.3, 0.4) is 0 Å². The molecule has 4 aromatic carbocycles. The first-order valence-corrected chi connectivity index (χ1v) is 16.1. The molecule has 3 N–H and O–H groups in total. The van der Waals surface area contributed by atoms with Crippen LogP contribution in [0.1, 0.15) is 55.0 Å². The lowest BCUT2D eigenvalue weighted by Gasteiger charge is -2.09. The number of ketones is 2. The van der Waals surface area contributed by atoms with Gasteiger partial charge in [0.25, 0.3) is 5.91 Å². The summed E-state index contributed by atoms with van der Waals surface area (Å²) in [5, 5.41) is 8.00. The van der Waals surface area contributed by atoms with Gasteiger partial charge in [-0.3, -0.25) is 24.0 Å². The summed E-state index contributed by atoms with van der Waals surface area (Å²) in [5.74, 6) is 2.59. The Bertz CT molecular complexity index is 1910. The summed E-state index contributed by atoms with van der Waals surface area (Å²) in [6.07, 6.45) is 13.1. The number of anilines is 3. The standard InChI is InChI=1S/C20H16ClNO3.C19H17ClN2O2/c1-2-3-6-14-7-4-8-15(11-14)19(24)20(25)16-9-5-10-17(12-16)22-18(23)13-21;1-2-3-6-14-7-4-9-16(11-14)22-19(24)15-8-5-10-17(12-15)21-18(23)13-20/h1,4-5,7-12H,3,6,13H2,(H,22,23);1,4-5,7-12H,3,6,13H2,(H,21,23)(H,22,24). The molecule has 0 aliphatic rings. The van der Waals surface area contributed by atoms with Crippen LogP contribution in [0.25, 0.3) is 0 Å². The van der Waals surface area contributed by atoms with Crippen LogP contribution >= 0.6 is 23.2 Å². The Labute approximate surface area is 295 Å². The third-order valence-corrected chi connectivity index (χ3v) is 7.24. The summed E-state index contributed by atoms with van der Waals surface area (Å²) >= 11 is 10.9. The number of aryl methyl sites for hydroxylation is 2. The number of alkyl halides is 2. The van der Waals surface area contributed by atoms with Crippen molar-refractivity contribution < 1.29 is 24.0 Å². The zero-order valence-corrected chi connectivity index (χ0v) is 27.9. The zero-order valence-electron chi connectivity index (χ0n) is 26.4. The topological polar surface area (TPSA) is 121 Å². The van der Waals surface area contributed by atoms with Gasteiger partial charge >= 0.3 is 0 Å². The molecule has 10 heteroatoms. The number of nitrogens with one attached hydrogen (secondary N) is 3. The second-order valence-electron chi connectivity index (χ2n) is 10.4. The van der Waals surface area contributed by atoms with Gasteiger partial charge in [-0.15, -0.1) is 47.9 Å². The lowest BCUT2D eigenvalue weighted by molar-refractivity contribution is -0.114. The monoisotopic (exact) mass is 693 g/mol. The number of Topliss-reactive ketones (excluding diaryl/α,β-unsaturated/α-hetero) is 2. The van der Waals surface area contributed by atoms with Crippen molar-refractivity contribution in [2.75, 3.05) is 27.7 Å². The van der Waals surface area contributed by atoms with Crippen LogP contribution in [-0.2, 0) is 22.4 Å². The zero-order chi connectivity index (χ0) is 35.6. The van der Waals surface area contributed by atoms with E-state index in [1.807, 2.05) is 30.3 Å². The number of halogens is 2. The summed E-state index contributed by atoms with van der Waals surface area (Å²) in [5.41, 5.74) is 4.55. The van der Waals surface area contributed by atoms with E-state index in [4.69, 9.17) is 36.0 Å². The third-order valence-electron chi connectivity index (χ3n) is 6.76. The predicted octanol–water partition coefficient (Wildman–Crippen LogP) is 7.18. The van der Waals surface area contributed by atoms with Gasteiger partial charge < -0.3 is 16.0 Å². The van der Waals surface area contributed by atoms with Crippen molar-refractivity contribution in [2.24, 2.45) is 0 Å². The van der Waals surface area contributed by atoms with Crippen molar-refractivity contribution >= 4 is 69.6 Å². The fraction of sp³-hybridized carbons (Fsp3) is 0.154. The van der Waals surface area contributed by atoms with Crippen molar-refractivity contribution in [2.45, 2.75) is 25.7 Å². The van der Waals surface area contributed by atoms with Gasteiger partial charge in [-0.05, 0) is 72.5 Å². The summed E-state index contributed by atoms with van der Waals surface area (Å²) in [6.45, 7) is 0. The van der Waals surface area contributed by atoms with E-state index in [1.54, 1.807) is 54.6 Å². The molecular formula is C39H33Cl2N3O5. The lowest BCUT2D eigenvalue weighted by atomic mass is 9.98. The molecule has 248 valence electrons. The average molecular weight is 695 g/mol. The van der Waals surface area contributed by atoms with Gasteiger partial charge in [0.15, 0.2) is 0 Å². The number of carbonyl (C=O) groups excluding carboxylic acids is 5. The van der Waals surface area contributed by atoms with Crippen LogP contribution in [0.15, 0.2) is 97.1 Å². The van der Waals surface area contributed by atoms with E-state index < -0.39 is 11.6 Å². The molecule has 0 atom stereocenters. The highest BCUT2D eigenvalue weighted by Crippen LogP contribution is 2.17. The Balaban J connectivity index is 0.000000266. The van der Waals surface area contributed by atoms with Gasteiger partial charge in [0.05, 0.1) is 0 Å². The molecule has 49 heavy (non-hydrogen) atoms. The molecule has 4 rings (SSSR count). The van der Waals surface area contributed by atoms with E-state index in [2.05, 4.69) is 27.8 Å². The summed E-state index contributed by atoms with van der Waals surface area (Å²) in [6, 6.07) is 27.3. The Hall–Kier alpha value is -5.67. The molecule has 0 bridgehead atoms. The second kappa shape index (κ2) is 19.9. The van der Waals surface area contributed by atoms with E-state index in [0.29, 0.717) is 47.5 Å². The Morgan fingerprint density at radius 3 is 1.45 bits per heavy atom. The summed E-state index contributed by atoms with van der Waals surface area (Å²) in [7, 11) is 0. The number of benzene rings is 4. The largest absolute Gasteiger partial charge is 0.325 e. The normalized spacial score (nSPS) is 9.88. The number of amides is 3. The molecule has 0 aliphatic heterocycles. The third kappa shape index (κ3) is 12.5. The van der Waals surface area contributed by atoms with Crippen molar-refractivity contribution in [1.29, 1.82) is 0 Å². The second-order valence-corrected chi connectivity index (χ2v) is 11.0. The van der Waals surface area contributed by atoms with Gasteiger partial charge in [0, 0.05) is 46.6 Å². The molecule has 8 nitrogen and oxygen atoms in total. The average Bonchev–Trinajstić information content (AvgIpc) is 3.13. The van der Waals surface area contributed by atoms with Crippen molar-refractivity contribution in [1.82, 2.24) is 0 Å². The van der Waals surface area contributed by atoms with Crippen molar-refractivity contribution in [3.63, 3.8) is 0 Å². The molecule has 0 heterocycles. The van der Waals surface area contributed by atoms with Crippen LogP contribution in [0.2, 0.25) is 0 Å². The van der Waals surface area contributed by atoms with Gasteiger partial charge in [0.1, 0.15) is 11.8 Å². The summed E-state index contributed by atoms with van der Waals surface area (Å²) < 4.78 is 0. The molecule has 0 aliphatic carbocycles. The van der Waals surface area contributed by atoms with E-state index in [9.17, 15) is 24.0 Å². The molecule has 0 unspecified atom stereocenters. The van der Waals surface area contributed by atoms with Gasteiger partial charge in [-0.25, -0.2) is 0 Å². The summed E-state index contributed by atoms with van der Waals surface area (Å²) in [4.78, 5) is 59.9. The Morgan fingerprint density at radius 2 is 0.939 bits per heavy atom. The van der Waals surface area contributed by atoms with E-state index in [0.717, 1.165) is 17.5 Å². The first-order chi connectivity index (χ1) is 23.7. The van der Waals surface area contributed by atoms with E-state index in [1.165, 1.54) is 12.1 Å². The van der Waals surface area contributed by atoms with Crippen LogP contribution < -0.4 is 16.0 Å². The van der Waals surface area contributed by atoms with Crippen LogP contribution in [-0.4, -0.2) is 41.0 Å². The molecule has 0 spiro atoms. The molecule has 4 aromatic rings. The molecule has 0 saturated carbocycles. The van der Waals surface area contributed by atoms with E-state index >= 15 is 0 Å². The van der Waals surface area contributed by atoms with Gasteiger partial charge in [0.2, 0.25) is 23.4 Å².